The highest BCUT2D eigenvalue weighted by Crippen LogP contribution is 2.41. The molecule has 0 saturated carbocycles. The molecule has 0 aliphatic carbocycles. The molecule has 35 heavy (non-hydrogen) atoms. The molecule has 3 aromatic heterocycles. The summed E-state index contributed by atoms with van der Waals surface area (Å²) < 4.78 is 7.21. The standard InChI is InChI=1S/C31H19N3S/c1-2-9-20(10-3-1)33-19-32-31-26(33)14-8-15-27(31)34-25-13-6-4-11-21(25)23-18-30-24(17-28(23)34)22-12-5-7-16-29(22)35-30/h1-19H. The lowest BCUT2D eigenvalue weighted by Crippen LogP contribution is -1.96. The molecule has 4 heteroatoms. The summed E-state index contributed by atoms with van der Waals surface area (Å²) in [6, 6.07) is 39.0. The van der Waals surface area contributed by atoms with Crippen LogP contribution >= 0.6 is 11.3 Å². The molecule has 8 aromatic rings. The largest absolute Gasteiger partial charge is 0.307 e. The Morgan fingerprint density at radius 2 is 1.31 bits per heavy atom. The summed E-state index contributed by atoms with van der Waals surface area (Å²) >= 11 is 1.87. The van der Waals surface area contributed by atoms with Crippen molar-refractivity contribution in [1.29, 1.82) is 0 Å². The molecular weight excluding hydrogens is 446 g/mol. The minimum Gasteiger partial charge on any atom is -0.307 e. The third-order valence-corrected chi connectivity index (χ3v) is 8.14. The average Bonchev–Trinajstić information content (AvgIpc) is 3.59. The topological polar surface area (TPSA) is 22.8 Å². The number of rotatable bonds is 2. The number of imidazole rings is 1. The van der Waals surface area contributed by atoms with E-state index >= 15 is 0 Å². The summed E-state index contributed by atoms with van der Waals surface area (Å²) in [5.74, 6) is 0. The van der Waals surface area contributed by atoms with Crippen LogP contribution < -0.4 is 0 Å². The van der Waals surface area contributed by atoms with E-state index in [0.717, 1.165) is 22.4 Å². The molecule has 0 radical (unpaired) electrons. The lowest BCUT2D eigenvalue weighted by atomic mass is 10.1. The third kappa shape index (κ3) is 2.63. The van der Waals surface area contributed by atoms with Gasteiger partial charge in [-0.15, -0.1) is 11.3 Å². The molecule has 0 unspecified atom stereocenters. The minimum absolute atomic E-state index is 0.995. The molecule has 3 heterocycles. The van der Waals surface area contributed by atoms with E-state index in [4.69, 9.17) is 4.98 Å². The van der Waals surface area contributed by atoms with Crippen molar-refractivity contribution in [1.82, 2.24) is 14.1 Å². The summed E-state index contributed by atoms with van der Waals surface area (Å²) in [6.07, 6.45) is 1.93. The monoisotopic (exact) mass is 465 g/mol. The van der Waals surface area contributed by atoms with Gasteiger partial charge in [0.25, 0.3) is 0 Å². The fourth-order valence-corrected chi connectivity index (χ4v) is 6.57. The van der Waals surface area contributed by atoms with Crippen molar-refractivity contribution in [3.05, 3.63) is 116 Å². The van der Waals surface area contributed by atoms with Gasteiger partial charge in [-0.05, 0) is 48.5 Å². The Balaban J connectivity index is 1.50. The number of thiophene rings is 1. The Hall–Kier alpha value is -4.41. The van der Waals surface area contributed by atoms with Crippen molar-refractivity contribution >= 4 is 64.3 Å². The van der Waals surface area contributed by atoms with E-state index in [1.807, 2.05) is 23.7 Å². The Morgan fingerprint density at radius 3 is 2.23 bits per heavy atom. The molecule has 164 valence electrons. The summed E-state index contributed by atoms with van der Waals surface area (Å²) in [5, 5.41) is 5.17. The van der Waals surface area contributed by atoms with Crippen molar-refractivity contribution < 1.29 is 0 Å². The molecule has 0 N–H and O–H groups in total. The smallest absolute Gasteiger partial charge is 0.113 e. The lowest BCUT2D eigenvalue weighted by molar-refractivity contribution is 1.09. The molecule has 5 aromatic carbocycles. The highest BCUT2D eigenvalue weighted by atomic mass is 32.1. The number of aromatic nitrogens is 3. The first-order chi connectivity index (χ1) is 17.4. The summed E-state index contributed by atoms with van der Waals surface area (Å²) in [6.45, 7) is 0. The van der Waals surface area contributed by atoms with Crippen molar-refractivity contribution in [3.63, 3.8) is 0 Å². The van der Waals surface area contributed by atoms with Crippen LogP contribution in [0.25, 0.3) is 64.4 Å². The second-order valence-electron chi connectivity index (χ2n) is 8.91. The van der Waals surface area contributed by atoms with E-state index in [-0.39, 0.29) is 0 Å². The van der Waals surface area contributed by atoms with Gasteiger partial charge in [0.15, 0.2) is 0 Å². The third-order valence-electron chi connectivity index (χ3n) is 7.00. The molecule has 8 rings (SSSR count). The van der Waals surface area contributed by atoms with E-state index in [2.05, 4.69) is 112 Å². The molecule has 0 atom stereocenters. The van der Waals surface area contributed by atoms with Gasteiger partial charge in [0.05, 0.1) is 22.2 Å². The number of benzene rings is 5. The van der Waals surface area contributed by atoms with Crippen LogP contribution in [0.15, 0.2) is 116 Å². The predicted octanol–water partition coefficient (Wildman–Crippen LogP) is 8.49. The number of hydrogen-bond acceptors (Lipinski definition) is 2. The summed E-state index contributed by atoms with van der Waals surface area (Å²) in [7, 11) is 0. The molecular formula is C31H19N3S. The van der Waals surface area contributed by atoms with Crippen LogP contribution in [-0.2, 0) is 0 Å². The van der Waals surface area contributed by atoms with Crippen LogP contribution in [-0.4, -0.2) is 14.1 Å². The number of nitrogens with zero attached hydrogens (tertiary/aromatic N) is 3. The number of fused-ring (bicyclic) bond motifs is 7. The highest BCUT2D eigenvalue weighted by molar-refractivity contribution is 7.25. The van der Waals surface area contributed by atoms with Crippen LogP contribution in [0.4, 0.5) is 0 Å². The maximum Gasteiger partial charge on any atom is 0.113 e. The SMILES string of the molecule is c1ccc(-n2cnc3c(-n4c5ccccc5c5cc6sc7ccccc7c6cc54)cccc32)cc1. The molecule has 0 spiro atoms. The number of para-hydroxylation sites is 3. The predicted molar refractivity (Wildman–Crippen MR) is 148 cm³/mol. The van der Waals surface area contributed by atoms with Crippen LogP contribution in [0.1, 0.15) is 0 Å². The van der Waals surface area contributed by atoms with Crippen LogP contribution in [0.2, 0.25) is 0 Å². The average molecular weight is 466 g/mol. The zero-order valence-electron chi connectivity index (χ0n) is 18.7. The normalized spacial score (nSPS) is 12.0. The van der Waals surface area contributed by atoms with Gasteiger partial charge in [-0.1, -0.05) is 60.7 Å². The van der Waals surface area contributed by atoms with Crippen LogP contribution in [0.5, 0.6) is 0 Å². The van der Waals surface area contributed by atoms with E-state index in [1.54, 1.807) is 0 Å². The van der Waals surface area contributed by atoms with E-state index in [9.17, 15) is 0 Å². The van der Waals surface area contributed by atoms with Gasteiger partial charge >= 0.3 is 0 Å². The Labute approximate surface area is 205 Å². The van der Waals surface area contributed by atoms with Crippen molar-refractivity contribution in [2.45, 2.75) is 0 Å². The molecule has 0 aliphatic heterocycles. The molecule has 0 saturated heterocycles. The molecule has 0 bridgehead atoms. The van der Waals surface area contributed by atoms with Gasteiger partial charge in [0.2, 0.25) is 0 Å². The summed E-state index contributed by atoms with van der Waals surface area (Å²) in [4.78, 5) is 4.91. The lowest BCUT2D eigenvalue weighted by Gasteiger charge is -2.10. The maximum atomic E-state index is 4.91. The van der Waals surface area contributed by atoms with Crippen LogP contribution in [0, 0.1) is 0 Å². The van der Waals surface area contributed by atoms with Gasteiger partial charge < -0.3 is 4.57 Å². The van der Waals surface area contributed by atoms with Crippen molar-refractivity contribution in [3.8, 4) is 11.4 Å². The zero-order valence-corrected chi connectivity index (χ0v) is 19.5. The van der Waals surface area contributed by atoms with Gasteiger partial charge in [-0.2, -0.15) is 0 Å². The first-order valence-electron chi connectivity index (χ1n) is 11.7. The molecule has 0 fully saturated rings. The van der Waals surface area contributed by atoms with Gasteiger partial charge in [0.1, 0.15) is 11.8 Å². The fraction of sp³-hybridized carbons (Fsp3) is 0. The first-order valence-corrected chi connectivity index (χ1v) is 12.5. The Bertz CT molecular complexity index is 2060. The van der Waals surface area contributed by atoms with Gasteiger partial charge in [-0.3, -0.25) is 4.57 Å². The van der Waals surface area contributed by atoms with Crippen molar-refractivity contribution in [2.24, 2.45) is 0 Å². The fourth-order valence-electron chi connectivity index (χ4n) is 5.44. The second kappa shape index (κ2) is 7.05. The summed E-state index contributed by atoms with van der Waals surface area (Å²) in [5.41, 5.74) is 6.72. The second-order valence-corrected chi connectivity index (χ2v) is 10.00. The molecule has 0 amide bonds. The highest BCUT2D eigenvalue weighted by Gasteiger charge is 2.18. The van der Waals surface area contributed by atoms with Gasteiger partial charge in [-0.25, -0.2) is 4.98 Å². The van der Waals surface area contributed by atoms with E-state index < -0.39 is 0 Å². The zero-order chi connectivity index (χ0) is 22.9. The number of hydrogen-bond donors (Lipinski definition) is 0. The Morgan fingerprint density at radius 1 is 0.543 bits per heavy atom. The minimum atomic E-state index is 0.995. The van der Waals surface area contributed by atoms with Crippen LogP contribution in [0.3, 0.4) is 0 Å². The maximum absolute atomic E-state index is 4.91. The van der Waals surface area contributed by atoms with E-state index in [0.29, 0.717) is 0 Å². The first kappa shape index (κ1) is 19.0. The van der Waals surface area contributed by atoms with Crippen molar-refractivity contribution in [2.75, 3.05) is 0 Å². The van der Waals surface area contributed by atoms with Gasteiger partial charge in [0, 0.05) is 36.6 Å². The van der Waals surface area contributed by atoms with E-state index in [1.165, 1.54) is 42.0 Å². The molecule has 3 nitrogen and oxygen atoms in total. The Kier molecular flexibility index (Phi) is 3.82. The molecule has 0 aliphatic rings. The quantitative estimate of drug-likeness (QED) is 0.251.